The van der Waals surface area contributed by atoms with Gasteiger partial charge in [-0.1, -0.05) is 17.7 Å². The van der Waals surface area contributed by atoms with E-state index in [1.165, 1.54) is 38.9 Å². The zero-order valence-electron chi connectivity index (χ0n) is 13.5. The zero-order chi connectivity index (χ0) is 15.1. The van der Waals surface area contributed by atoms with Crippen LogP contribution >= 0.6 is 0 Å². The summed E-state index contributed by atoms with van der Waals surface area (Å²) in [6.45, 7) is 11.7. The summed E-state index contributed by atoms with van der Waals surface area (Å²) in [5.74, 6) is 0. The molecule has 0 aliphatic carbocycles. The average Bonchev–Trinajstić information content (AvgIpc) is 2.77. The monoisotopic (exact) mass is 278 g/mol. The Bertz CT molecular complexity index is 802. The molecule has 3 rings (SSSR count). The maximum absolute atomic E-state index is 4.56. The highest BCUT2D eigenvalue weighted by atomic mass is 15.0. The molecule has 21 heavy (non-hydrogen) atoms. The molecule has 108 valence electrons. The molecule has 0 spiro atoms. The fourth-order valence-corrected chi connectivity index (χ4v) is 3.07. The van der Waals surface area contributed by atoms with E-state index in [4.69, 9.17) is 0 Å². The molecule has 2 heteroatoms. The van der Waals surface area contributed by atoms with Crippen LogP contribution in [-0.4, -0.2) is 9.55 Å². The predicted octanol–water partition coefficient (Wildman–Crippen LogP) is 4.63. The van der Waals surface area contributed by atoms with Gasteiger partial charge in [-0.25, -0.2) is 4.98 Å². The van der Waals surface area contributed by atoms with Crippen LogP contribution in [0.5, 0.6) is 0 Å². The summed E-state index contributed by atoms with van der Waals surface area (Å²) in [6, 6.07) is 8.94. The van der Waals surface area contributed by atoms with Gasteiger partial charge < -0.3 is 4.57 Å². The lowest BCUT2D eigenvalue weighted by Gasteiger charge is -2.13. The van der Waals surface area contributed by atoms with Crippen LogP contribution in [0.25, 0.3) is 11.0 Å². The third-order valence-corrected chi connectivity index (χ3v) is 4.41. The Morgan fingerprint density at radius 3 is 2.10 bits per heavy atom. The first-order valence-electron chi connectivity index (χ1n) is 7.44. The molecule has 0 atom stereocenters. The Kier molecular flexibility index (Phi) is 3.32. The number of hydrogen-bond donors (Lipinski definition) is 0. The van der Waals surface area contributed by atoms with Gasteiger partial charge in [0.2, 0.25) is 0 Å². The third-order valence-electron chi connectivity index (χ3n) is 4.41. The molecule has 0 aliphatic heterocycles. The number of aromatic nitrogens is 2. The molecule has 2 nitrogen and oxygen atoms in total. The second kappa shape index (κ2) is 5.03. The van der Waals surface area contributed by atoms with Crippen molar-refractivity contribution >= 4 is 11.0 Å². The number of rotatable bonds is 2. The maximum atomic E-state index is 4.56. The van der Waals surface area contributed by atoms with Crippen molar-refractivity contribution in [2.75, 3.05) is 0 Å². The minimum Gasteiger partial charge on any atom is -0.326 e. The molecule has 0 bridgehead atoms. The Hall–Kier alpha value is -2.09. The molecular formula is C19H22N2. The van der Waals surface area contributed by atoms with Crippen LogP contribution in [0, 0.1) is 34.6 Å². The van der Waals surface area contributed by atoms with Crippen LogP contribution in [0.4, 0.5) is 0 Å². The number of nitrogens with zero attached hydrogens (tertiary/aromatic N) is 2. The highest BCUT2D eigenvalue weighted by Gasteiger charge is 2.09. The highest BCUT2D eigenvalue weighted by Crippen LogP contribution is 2.22. The van der Waals surface area contributed by atoms with Crippen molar-refractivity contribution in [2.24, 2.45) is 0 Å². The van der Waals surface area contributed by atoms with Crippen molar-refractivity contribution in [1.29, 1.82) is 0 Å². The molecule has 0 saturated heterocycles. The minimum absolute atomic E-state index is 0.886. The van der Waals surface area contributed by atoms with E-state index >= 15 is 0 Å². The van der Waals surface area contributed by atoms with E-state index in [1.807, 2.05) is 6.33 Å². The number of imidazole rings is 1. The first-order valence-corrected chi connectivity index (χ1v) is 7.44. The summed E-state index contributed by atoms with van der Waals surface area (Å²) >= 11 is 0. The van der Waals surface area contributed by atoms with E-state index < -0.39 is 0 Å². The molecule has 0 radical (unpaired) electrons. The van der Waals surface area contributed by atoms with Crippen LogP contribution in [0.3, 0.4) is 0 Å². The summed E-state index contributed by atoms with van der Waals surface area (Å²) in [7, 11) is 0. The van der Waals surface area contributed by atoms with Gasteiger partial charge in [0.05, 0.1) is 17.4 Å². The van der Waals surface area contributed by atoms with E-state index in [2.05, 4.69) is 68.4 Å². The summed E-state index contributed by atoms with van der Waals surface area (Å²) < 4.78 is 2.26. The molecule has 3 aromatic rings. The lowest BCUT2D eigenvalue weighted by atomic mass is 10.00. The normalized spacial score (nSPS) is 11.3. The minimum atomic E-state index is 0.886. The fourth-order valence-electron chi connectivity index (χ4n) is 3.07. The fraction of sp³-hybridized carbons (Fsp3) is 0.316. The number of fused-ring (bicyclic) bond motifs is 1. The van der Waals surface area contributed by atoms with Crippen molar-refractivity contribution in [3.05, 3.63) is 64.0 Å². The third kappa shape index (κ3) is 2.46. The summed E-state index contributed by atoms with van der Waals surface area (Å²) in [5, 5.41) is 0. The zero-order valence-corrected chi connectivity index (χ0v) is 13.5. The van der Waals surface area contributed by atoms with Gasteiger partial charge in [0.25, 0.3) is 0 Å². The van der Waals surface area contributed by atoms with Gasteiger partial charge in [0.1, 0.15) is 0 Å². The van der Waals surface area contributed by atoms with Gasteiger partial charge in [0.15, 0.2) is 0 Å². The van der Waals surface area contributed by atoms with Gasteiger partial charge in [-0.05, 0) is 74.6 Å². The average molecular weight is 278 g/mol. The quantitative estimate of drug-likeness (QED) is 0.668. The largest absolute Gasteiger partial charge is 0.326 e. The van der Waals surface area contributed by atoms with Crippen LogP contribution in [0.15, 0.2) is 30.6 Å². The number of benzene rings is 2. The van der Waals surface area contributed by atoms with Crippen molar-refractivity contribution in [3.8, 4) is 0 Å². The summed E-state index contributed by atoms with van der Waals surface area (Å²) in [5.41, 5.74) is 10.4. The van der Waals surface area contributed by atoms with Crippen LogP contribution < -0.4 is 0 Å². The predicted molar refractivity (Wildman–Crippen MR) is 89.0 cm³/mol. The van der Waals surface area contributed by atoms with E-state index in [0.717, 1.165) is 12.1 Å². The van der Waals surface area contributed by atoms with Gasteiger partial charge in [0, 0.05) is 6.54 Å². The first-order chi connectivity index (χ1) is 9.95. The molecule has 0 amide bonds. The highest BCUT2D eigenvalue weighted by molar-refractivity contribution is 5.77. The Labute approximate surface area is 126 Å². The Morgan fingerprint density at radius 2 is 1.43 bits per heavy atom. The Morgan fingerprint density at radius 1 is 0.810 bits per heavy atom. The first kappa shape index (κ1) is 13.9. The lowest BCUT2D eigenvalue weighted by molar-refractivity contribution is 0.811. The molecule has 0 fully saturated rings. The van der Waals surface area contributed by atoms with Crippen molar-refractivity contribution in [2.45, 2.75) is 41.2 Å². The topological polar surface area (TPSA) is 17.8 Å². The van der Waals surface area contributed by atoms with E-state index in [0.29, 0.717) is 0 Å². The van der Waals surface area contributed by atoms with Gasteiger partial charge in [-0.2, -0.15) is 0 Å². The summed E-state index contributed by atoms with van der Waals surface area (Å²) in [6.07, 6.45) is 1.96. The molecule has 2 aromatic carbocycles. The molecule has 0 unspecified atom stereocenters. The van der Waals surface area contributed by atoms with Gasteiger partial charge >= 0.3 is 0 Å². The molecule has 0 aliphatic rings. The van der Waals surface area contributed by atoms with E-state index in [9.17, 15) is 0 Å². The standard InChI is InChI=1S/C19H22N2/c1-12-6-15(4)17(16(5)7-12)10-21-11-20-18-8-13(2)14(3)9-19(18)21/h6-9,11H,10H2,1-5H3. The van der Waals surface area contributed by atoms with Gasteiger partial charge in [-0.3, -0.25) is 0 Å². The van der Waals surface area contributed by atoms with Crippen molar-refractivity contribution < 1.29 is 0 Å². The van der Waals surface area contributed by atoms with Crippen LogP contribution in [-0.2, 0) is 6.54 Å². The van der Waals surface area contributed by atoms with Crippen molar-refractivity contribution in [1.82, 2.24) is 9.55 Å². The lowest BCUT2D eigenvalue weighted by Crippen LogP contribution is -2.03. The summed E-state index contributed by atoms with van der Waals surface area (Å²) in [4.78, 5) is 4.56. The number of hydrogen-bond acceptors (Lipinski definition) is 1. The number of aryl methyl sites for hydroxylation is 5. The molecule has 1 aromatic heterocycles. The smallest absolute Gasteiger partial charge is 0.0961 e. The molecule has 0 N–H and O–H groups in total. The molecule has 0 saturated carbocycles. The van der Waals surface area contributed by atoms with Crippen molar-refractivity contribution in [3.63, 3.8) is 0 Å². The van der Waals surface area contributed by atoms with E-state index in [-0.39, 0.29) is 0 Å². The van der Waals surface area contributed by atoms with Gasteiger partial charge in [-0.15, -0.1) is 0 Å². The second-order valence-electron chi connectivity index (χ2n) is 6.17. The second-order valence-corrected chi connectivity index (χ2v) is 6.17. The molecule has 1 heterocycles. The maximum Gasteiger partial charge on any atom is 0.0961 e. The molecular weight excluding hydrogens is 256 g/mol. The van der Waals surface area contributed by atoms with Crippen LogP contribution in [0.1, 0.15) is 33.4 Å². The SMILES string of the molecule is Cc1cc(C)c(Cn2cnc3cc(C)c(C)cc32)c(C)c1. The van der Waals surface area contributed by atoms with Crippen LogP contribution in [0.2, 0.25) is 0 Å². The Balaban J connectivity index is 2.09. The van der Waals surface area contributed by atoms with E-state index in [1.54, 1.807) is 0 Å².